The number of rotatable bonds is 7. The normalized spacial score (nSPS) is 15.4. The summed E-state index contributed by atoms with van der Waals surface area (Å²) in [6.45, 7) is 2.41. The van der Waals surface area contributed by atoms with Gasteiger partial charge in [0.1, 0.15) is 0 Å². The summed E-state index contributed by atoms with van der Waals surface area (Å²) >= 11 is 0. The van der Waals surface area contributed by atoms with Gasteiger partial charge >= 0.3 is 0 Å². The van der Waals surface area contributed by atoms with Crippen molar-refractivity contribution < 1.29 is 22.7 Å². The van der Waals surface area contributed by atoms with Crippen LogP contribution in [0.2, 0.25) is 0 Å². The summed E-state index contributed by atoms with van der Waals surface area (Å²) in [6, 6.07) is 5.81. The third-order valence-electron chi connectivity index (χ3n) is 3.76. The molecule has 132 valence electrons. The van der Waals surface area contributed by atoms with Crippen LogP contribution in [0.3, 0.4) is 0 Å². The smallest absolute Gasteiger partial charge is 0.253 e. The van der Waals surface area contributed by atoms with Gasteiger partial charge in [0.05, 0.1) is 11.5 Å². The summed E-state index contributed by atoms with van der Waals surface area (Å²) in [5.74, 6) is -0.170. The van der Waals surface area contributed by atoms with E-state index < -0.39 is 10.0 Å². The molecule has 1 aromatic carbocycles. The van der Waals surface area contributed by atoms with Crippen molar-refractivity contribution in [3.8, 4) is 0 Å². The number of amides is 2. The van der Waals surface area contributed by atoms with E-state index in [4.69, 9.17) is 4.74 Å². The Morgan fingerprint density at radius 1 is 1.21 bits per heavy atom. The van der Waals surface area contributed by atoms with E-state index in [1.807, 2.05) is 0 Å². The van der Waals surface area contributed by atoms with Gasteiger partial charge in [0.25, 0.3) is 5.91 Å². The maximum absolute atomic E-state index is 12.4. The topological polar surface area (TPSA) is 96.0 Å². The molecule has 0 aliphatic carbocycles. The average molecular weight is 355 g/mol. The monoisotopic (exact) mass is 355 g/mol. The van der Waals surface area contributed by atoms with E-state index in [0.717, 1.165) is 6.41 Å². The molecule has 1 heterocycles. The Balaban J connectivity index is 2.01. The van der Waals surface area contributed by atoms with Crippen LogP contribution in [0.5, 0.6) is 0 Å². The highest BCUT2D eigenvalue weighted by Gasteiger charge is 2.22. The number of hydrogen-bond donors (Lipinski definition) is 1. The minimum atomic E-state index is -3.61. The fourth-order valence-corrected chi connectivity index (χ4v) is 3.36. The zero-order chi connectivity index (χ0) is 17.6. The van der Waals surface area contributed by atoms with Crippen LogP contribution in [0.25, 0.3) is 0 Å². The van der Waals surface area contributed by atoms with Gasteiger partial charge in [0, 0.05) is 45.4 Å². The van der Waals surface area contributed by atoms with E-state index >= 15 is 0 Å². The molecule has 2 amide bonds. The number of sulfonamides is 1. The number of carbonyl (C=O) groups excluding carboxylic acids is 2. The molecule has 1 N–H and O–H groups in total. The molecule has 1 aliphatic rings. The summed E-state index contributed by atoms with van der Waals surface area (Å²) in [5, 5.41) is 0. The molecule has 2 rings (SSSR count). The van der Waals surface area contributed by atoms with E-state index in [1.54, 1.807) is 9.80 Å². The maximum atomic E-state index is 12.4. The molecule has 1 saturated heterocycles. The average Bonchev–Trinajstić information content (AvgIpc) is 2.61. The van der Waals surface area contributed by atoms with Crippen LogP contribution in [-0.4, -0.2) is 77.0 Å². The molecule has 0 aromatic heterocycles. The fraction of sp³-hybridized carbons (Fsp3) is 0.467. The first-order chi connectivity index (χ1) is 11.5. The number of nitrogens with zero attached hydrogens (tertiary/aromatic N) is 2. The number of benzene rings is 1. The highest BCUT2D eigenvalue weighted by molar-refractivity contribution is 7.89. The largest absolute Gasteiger partial charge is 0.383 e. The Hall–Kier alpha value is -1.97. The van der Waals surface area contributed by atoms with Gasteiger partial charge in [-0.15, -0.1) is 0 Å². The number of methoxy groups -OCH3 is 1. The Labute approximate surface area is 141 Å². The Morgan fingerprint density at radius 3 is 2.38 bits per heavy atom. The zero-order valence-electron chi connectivity index (χ0n) is 13.5. The first-order valence-electron chi connectivity index (χ1n) is 7.55. The quantitative estimate of drug-likeness (QED) is 0.527. The van der Waals surface area contributed by atoms with Crippen molar-refractivity contribution >= 4 is 22.3 Å². The molecule has 24 heavy (non-hydrogen) atoms. The van der Waals surface area contributed by atoms with Gasteiger partial charge in [-0.1, -0.05) is 0 Å². The molecule has 1 aromatic rings. The third-order valence-corrected chi connectivity index (χ3v) is 5.24. The first kappa shape index (κ1) is 18.4. The van der Waals surface area contributed by atoms with Crippen LogP contribution in [-0.2, 0) is 19.6 Å². The molecule has 0 unspecified atom stereocenters. The molecule has 8 nitrogen and oxygen atoms in total. The minimum Gasteiger partial charge on any atom is -0.383 e. The van der Waals surface area contributed by atoms with Crippen molar-refractivity contribution in [3.63, 3.8) is 0 Å². The predicted molar refractivity (Wildman–Crippen MR) is 87.0 cm³/mol. The molecular weight excluding hydrogens is 334 g/mol. The van der Waals surface area contributed by atoms with Crippen LogP contribution in [0, 0.1) is 0 Å². The number of piperazine rings is 1. The van der Waals surface area contributed by atoms with E-state index in [-0.39, 0.29) is 24.0 Å². The number of nitrogens with one attached hydrogen (secondary N) is 1. The maximum Gasteiger partial charge on any atom is 0.253 e. The predicted octanol–water partition coefficient (Wildman–Crippen LogP) is -0.474. The van der Waals surface area contributed by atoms with Gasteiger partial charge < -0.3 is 14.5 Å². The molecule has 1 aliphatic heterocycles. The van der Waals surface area contributed by atoms with Crippen molar-refractivity contribution in [2.75, 3.05) is 46.4 Å². The Bertz CT molecular complexity index is 667. The van der Waals surface area contributed by atoms with Gasteiger partial charge in [-0.2, -0.15) is 0 Å². The van der Waals surface area contributed by atoms with Crippen LogP contribution in [0.4, 0.5) is 0 Å². The molecule has 0 spiro atoms. The van der Waals surface area contributed by atoms with Gasteiger partial charge in [-0.25, -0.2) is 13.1 Å². The molecule has 0 atom stereocenters. The standard InChI is InChI=1S/C15H21N3O5S/c1-23-11-6-16-24(21,22)14-4-2-13(3-5-14)15(20)18-9-7-17(12-19)8-10-18/h2-5,12,16H,6-11H2,1H3. The molecule has 0 bridgehead atoms. The van der Waals surface area contributed by atoms with Gasteiger partial charge in [0.15, 0.2) is 0 Å². The summed E-state index contributed by atoms with van der Waals surface area (Å²) in [4.78, 5) is 26.5. The van der Waals surface area contributed by atoms with E-state index in [1.165, 1.54) is 31.4 Å². The Morgan fingerprint density at radius 2 is 1.83 bits per heavy atom. The molecular formula is C15H21N3O5S. The lowest BCUT2D eigenvalue weighted by atomic mass is 10.2. The molecule has 9 heteroatoms. The summed E-state index contributed by atoms with van der Waals surface area (Å²) < 4.78 is 31.3. The minimum absolute atomic E-state index is 0.0981. The highest BCUT2D eigenvalue weighted by Crippen LogP contribution is 2.13. The van der Waals surface area contributed by atoms with E-state index in [9.17, 15) is 18.0 Å². The van der Waals surface area contributed by atoms with Crippen molar-refractivity contribution in [1.29, 1.82) is 0 Å². The van der Waals surface area contributed by atoms with Crippen LogP contribution in [0.15, 0.2) is 29.2 Å². The summed E-state index contributed by atoms with van der Waals surface area (Å²) in [7, 11) is -2.12. The summed E-state index contributed by atoms with van der Waals surface area (Å²) in [5.41, 5.74) is 0.422. The van der Waals surface area contributed by atoms with Gasteiger partial charge in [-0.3, -0.25) is 9.59 Å². The van der Waals surface area contributed by atoms with E-state index in [0.29, 0.717) is 31.7 Å². The van der Waals surface area contributed by atoms with Crippen molar-refractivity contribution in [3.05, 3.63) is 29.8 Å². The van der Waals surface area contributed by atoms with Gasteiger partial charge in [0.2, 0.25) is 16.4 Å². The van der Waals surface area contributed by atoms with E-state index in [2.05, 4.69) is 4.72 Å². The molecule has 0 radical (unpaired) electrons. The number of hydrogen-bond acceptors (Lipinski definition) is 5. The lowest BCUT2D eigenvalue weighted by Crippen LogP contribution is -2.48. The van der Waals surface area contributed by atoms with Crippen LogP contribution >= 0.6 is 0 Å². The second-order valence-electron chi connectivity index (χ2n) is 5.35. The van der Waals surface area contributed by atoms with Crippen LogP contribution in [0.1, 0.15) is 10.4 Å². The zero-order valence-corrected chi connectivity index (χ0v) is 14.3. The summed E-state index contributed by atoms with van der Waals surface area (Å²) in [6.07, 6.45) is 0.776. The van der Waals surface area contributed by atoms with Crippen molar-refractivity contribution in [2.24, 2.45) is 0 Å². The molecule has 0 saturated carbocycles. The number of carbonyl (C=O) groups is 2. The highest BCUT2D eigenvalue weighted by atomic mass is 32.2. The first-order valence-corrected chi connectivity index (χ1v) is 9.03. The van der Waals surface area contributed by atoms with Crippen molar-refractivity contribution in [2.45, 2.75) is 4.90 Å². The SMILES string of the molecule is COCCNS(=O)(=O)c1ccc(C(=O)N2CCN(C=O)CC2)cc1. The lowest BCUT2D eigenvalue weighted by Gasteiger charge is -2.32. The fourth-order valence-electron chi connectivity index (χ4n) is 2.35. The second-order valence-corrected chi connectivity index (χ2v) is 7.12. The Kier molecular flexibility index (Phi) is 6.29. The van der Waals surface area contributed by atoms with Crippen molar-refractivity contribution in [1.82, 2.24) is 14.5 Å². The molecule has 1 fully saturated rings. The second kappa shape index (κ2) is 8.22. The van der Waals surface area contributed by atoms with Gasteiger partial charge in [-0.05, 0) is 24.3 Å². The number of ether oxygens (including phenoxy) is 1. The van der Waals surface area contributed by atoms with Crippen LogP contribution < -0.4 is 4.72 Å². The third kappa shape index (κ3) is 4.53. The lowest BCUT2D eigenvalue weighted by molar-refractivity contribution is -0.119.